The van der Waals surface area contributed by atoms with E-state index in [1.165, 1.54) is 4.90 Å². The summed E-state index contributed by atoms with van der Waals surface area (Å²) in [6.45, 7) is 1.68. The van der Waals surface area contributed by atoms with Gasteiger partial charge in [0, 0.05) is 9.65 Å². The van der Waals surface area contributed by atoms with E-state index in [-0.39, 0.29) is 51.7 Å². The van der Waals surface area contributed by atoms with Crippen LogP contribution in [0.5, 0.6) is 11.5 Å². The van der Waals surface area contributed by atoms with Crippen LogP contribution in [0, 0.1) is 30.6 Å². The third kappa shape index (κ3) is 3.48. The lowest BCUT2D eigenvalue weighted by Crippen LogP contribution is -2.37. The minimum Gasteiger partial charge on any atom is -0.482 e. The Morgan fingerprint density at radius 1 is 0.969 bits per heavy atom. The van der Waals surface area contributed by atoms with E-state index < -0.39 is 5.97 Å². The maximum Gasteiger partial charge on any atom is 0.349 e. The summed E-state index contributed by atoms with van der Waals surface area (Å²) >= 11 is 7.39. The first kappa shape index (κ1) is 21.6. The quantitative estimate of drug-likeness (QED) is 0.236. The maximum absolute atomic E-state index is 13.1. The molecule has 2 aliphatic carbocycles. The van der Waals surface area contributed by atoms with E-state index in [1.807, 2.05) is 25.1 Å². The molecule has 6 atom stereocenters. The number of rotatable bonds is 5. The lowest BCUT2D eigenvalue weighted by Gasteiger charge is -2.28. The Kier molecular flexibility index (Phi) is 5.61. The van der Waals surface area contributed by atoms with Gasteiger partial charge in [0.15, 0.2) is 6.61 Å². The molecule has 2 aromatic carbocycles. The molecule has 2 amide bonds. The smallest absolute Gasteiger partial charge is 0.349 e. The number of anilines is 1. The highest BCUT2D eigenvalue weighted by atomic mass is 79.9. The molecule has 3 aliphatic rings. The molecule has 0 unspecified atom stereocenters. The fourth-order valence-electron chi connectivity index (χ4n) is 5.28. The molecular formula is C24H21Br2NO5. The summed E-state index contributed by atoms with van der Waals surface area (Å²) in [5, 5.41) is 0. The first-order valence-electron chi connectivity index (χ1n) is 10.5. The zero-order valence-corrected chi connectivity index (χ0v) is 20.4. The van der Waals surface area contributed by atoms with Gasteiger partial charge >= 0.3 is 5.97 Å². The summed E-state index contributed by atoms with van der Waals surface area (Å²) in [6.07, 6.45) is 0.895. The zero-order chi connectivity index (χ0) is 22.6. The molecule has 6 nitrogen and oxygen atoms in total. The minimum atomic E-state index is -0.535. The average molecular weight is 563 g/mol. The van der Waals surface area contributed by atoms with Crippen LogP contribution in [0.4, 0.5) is 5.69 Å². The fourth-order valence-corrected chi connectivity index (χ4v) is 7.16. The van der Waals surface area contributed by atoms with E-state index in [4.69, 9.17) is 9.47 Å². The molecule has 2 aromatic rings. The van der Waals surface area contributed by atoms with Crippen molar-refractivity contribution in [2.45, 2.75) is 23.0 Å². The molecule has 0 radical (unpaired) electrons. The van der Waals surface area contributed by atoms with Gasteiger partial charge in [-0.05, 0) is 61.1 Å². The average Bonchev–Trinajstić information content (AvgIpc) is 3.39. The number of carbonyl (C=O) groups excluding carboxylic acids is 3. The van der Waals surface area contributed by atoms with E-state index >= 15 is 0 Å². The molecule has 2 saturated carbocycles. The second-order valence-corrected chi connectivity index (χ2v) is 10.7. The lowest BCUT2D eigenvalue weighted by molar-refractivity contribution is -0.136. The van der Waals surface area contributed by atoms with Gasteiger partial charge in [-0.1, -0.05) is 50.1 Å². The van der Waals surface area contributed by atoms with E-state index in [0.29, 0.717) is 17.2 Å². The molecule has 32 heavy (non-hydrogen) atoms. The van der Waals surface area contributed by atoms with Gasteiger partial charge in [-0.25, -0.2) is 4.79 Å². The Hall–Kier alpha value is -2.19. The Morgan fingerprint density at radius 3 is 2.16 bits per heavy atom. The second kappa shape index (κ2) is 8.30. The highest BCUT2D eigenvalue weighted by Gasteiger charge is 2.66. The number of ether oxygens (including phenoxy) is 2. The second-order valence-electron chi connectivity index (χ2n) is 8.54. The van der Waals surface area contributed by atoms with Crippen LogP contribution in [0.3, 0.4) is 0 Å². The Bertz CT molecular complexity index is 1060. The summed E-state index contributed by atoms with van der Waals surface area (Å²) in [4.78, 5) is 40.1. The molecule has 1 saturated heterocycles. The van der Waals surface area contributed by atoms with Crippen molar-refractivity contribution in [1.29, 1.82) is 0 Å². The number of halogens is 2. The van der Waals surface area contributed by atoms with Gasteiger partial charge in [-0.2, -0.15) is 0 Å². The van der Waals surface area contributed by atoms with Crippen molar-refractivity contribution < 1.29 is 23.9 Å². The van der Waals surface area contributed by atoms with Crippen LogP contribution in [-0.2, 0) is 14.4 Å². The number of benzene rings is 2. The van der Waals surface area contributed by atoms with Crippen LogP contribution in [0.25, 0.3) is 0 Å². The van der Waals surface area contributed by atoms with Crippen molar-refractivity contribution >= 4 is 55.3 Å². The Balaban J connectivity index is 1.24. The topological polar surface area (TPSA) is 72.9 Å². The fraction of sp³-hybridized carbons (Fsp3) is 0.375. The van der Waals surface area contributed by atoms with Gasteiger partial charge in [-0.3, -0.25) is 14.5 Å². The van der Waals surface area contributed by atoms with E-state index in [2.05, 4.69) is 31.9 Å². The predicted octanol–water partition coefficient (Wildman–Crippen LogP) is 4.26. The van der Waals surface area contributed by atoms with Crippen molar-refractivity contribution in [3.63, 3.8) is 0 Å². The number of alkyl halides is 2. The molecule has 2 bridgehead atoms. The molecule has 1 heterocycles. The molecule has 0 N–H and O–H groups in total. The number of hydrogen-bond donors (Lipinski definition) is 0. The summed E-state index contributed by atoms with van der Waals surface area (Å²) < 4.78 is 10.8. The third-order valence-electron chi connectivity index (χ3n) is 6.75. The highest BCUT2D eigenvalue weighted by molar-refractivity contribution is 9.12. The van der Waals surface area contributed by atoms with Crippen LogP contribution in [0.1, 0.15) is 12.0 Å². The zero-order valence-electron chi connectivity index (χ0n) is 17.2. The first-order chi connectivity index (χ1) is 15.4. The van der Waals surface area contributed by atoms with Crippen molar-refractivity contribution in [3.05, 3.63) is 54.1 Å². The maximum atomic E-state index is 13.1. The summed E-state index contributed by atoms with van der Waals surface area (Å²) in [6, 6.07) is 13.9. The first-order valence-corrected chi connectivity index (χ1v) is 12.3. The number of imide groups is 1. The third-order valence-corrected chi connectivity index (χ3v) is 9.96. The van der Waals surface area contributed by atoms with Crippen LogP contribution >= 0.6 is 31.9 Å². The van der Waals surface area contributed by atoms with Crippen molar-refractivity contribution in [3.8, 4) is 11.5 Å². The van der Waals surface area contributed by atoms with Gasteiger partial charge in [-0.15, -0.1) is 0 Å². The monoisotopic (exact) mass is 561 g/mol. The van der Waals surface area contributed by atoms with Gasteiger partial charge < -0.3 is 9.47 Å². The largest absolute Gasteiger partial charge is 0.482 e. The summed E-state index contributed by atoms with van der Waals surface area (Å²) in [7, 11) is 0. The van der Waals surface area contributed by atoms with E-state index in [0.717, 1.165) is 12.0 Å². The van der Waals surface area contributed by atoms with Crippen molar-refractivity contribution in [2.24, 2.45) is 23.7 Å². The SMILES string of the molecule is Cc1ccccc1OCC(=O)Oc1ccc(N2C(=O)[C@@H]3[C@H]4C[C@@H]([C@H](Br)[C@H]4Br)[C@@H]3C2=O)cc1. The number of nitrogens with zero attached hydrogens (tertiary/aromatic N) is 1. The van der Waals surface area contributed by atoms with Crippen molar-refractivity contribution in [1.82, 2.24) is 0 Å². The van der Waals surface area contributed by atoms with E-state index in [1.54, 1.807) is 30.3 Å². The summed E-state index contributed by atoms with van der Waals surface area (Å²) in [5.41, 5.74) is 1.43. The van der Waals surface area contributed by atoms with Gasteiger partial charge in [0.2, 0.25) is 11.8 Å². The van der Waals surface area contributed by atoms with Gasteiger partial charge in [0.05, 0.1) is 17.5 Å². The van der Waals surface area contributed by atoms with Gasteiger partial charge in [0.25, 0.3) is 0 Å². The highest BCUT2D eigenvalue weighted by Crippen LogP contribution is 2.60. The standard InChI is InChI=1S/C24H21Br2NO5/c1-12-4-2-3-5-17(12)31-11-18(28)32-14-8-6-13(7-9-14)27-23(29)19-15-10-16(20(19)24(27)30)22(26)21(15)25/h2-9,15-16,19-22H,10-11H2,1H3/t15-,16-,19-,20+,21+,22+/m1/s1. The van der Waals surface area contributed by atoms with Crippen LogP contribution in [0.2, 0.25) is 0 Å². The molecule has 8 heteroatoms. The van der Waals surface area contributed by atoms with Crippen LogP contribution in [0.15, 0.2) is 48.5 Å². The number of aryl methyl sites for hydroxylation is 1. The van der Waals surface area contributed by atoms with Crippen molar-refractivity contribution in [2.75, 3.05) is 11.5 Å². The molecule has 5 rings (SSSR count). The normalized spacial score (nSPS) is 30.5. The Morgan fingerprint density at radius 2 is 1.56 bits per heavy atom. The van der Waals surface area contributed by atoms with Crippen LogP contribution in [-0.4, -0.2) is 34.0 Å². The van der Waals surface area contributed by atoms with Gasteiger partial charge in [0.1, 0.15) is 11.5 Å². The molecule has 0 aromatic heterocycles. The molecule has 0 spiro atoms. The predicted molar refractivity (Wildman–Crippen MR) is 125 cm³/mol. The molecule has 1 aliphatic heterocycles. The molecule has 3 fully saturated rings. The molecular weight excluding hydrogens is 542 g/mol. The summed E-state index contributed by atoms with van der Waals surface area (Å²) in [5.74, 6) is -0.0286. The number of carbonyl (C=O) groups is 3. The number of fused-ring (bicyclic) bond motifs is 5. The number of para-hydroxylation sites is 1. The minimum absolute atomic E-state index is 0.132. The Labute approximate surface area is 202 Å². The van der Waals surface area contributed by atoms with Crippen LogP contribution < -0.4 is 14.4 Å². The number of hydrogen-bond acceptors (Lipinski definition) is 5. The lowest BCUT2D eigenvalue weighted by atomic mass is 9.81. The number of esters is 1. The molecule has 166 valence electrons. The van der Waals surface area contributed by atoms with E-state index in [9.17, 15) is 14.4 Å². The number of amides is 2.